The molecule has 14 heavy (non-hydrogen) atoms. The van der Waals surface area contributed by atoms with Crippen molar-refractivity contribution in [1.29, 1.82) is 0 Å². The van der Waals surface area contributed by atoms with Gasteiger partial charge in [0.15, 0.2) is 5.78 Å². The zero-order valence-corrected chi connectivity index (χ0v) is 9.27. The van der Waals surface area contributed by atoms with Crippen molar-refractivity contribution in [2.24, 2.45) is 0 Å². The van der Waals surface area contributed by atoms with Gasteiger partial charge in [-0.15, -0.1) is 11.3 Å². The molecule has 3 heteroatoms. The summed E-state index contributed by atoms with van der Waals surface area (Å²) in [4.78, 5) is 15.8. The van der Waals surface area contributed by atoms with E-state index in [0.717, 1.165) is 11.4 Å². The largest absolute Gasteiger partial charge is 0.298 e. The molecule has 1 aromatic rings. The molecule has 0 amide bonds. The van der Waals surface area contributed by atoms with Crippen molar-refractivity contribution in [2.75, 3.05) is 13.1 Å². The monoisotopic (exact) mass is 209 g/mol. The lowest BCUT2D eigenvalue weighted by Crippen LogP contribution is -2.17. The maximum Gasteiger partial charge on any atom is 0.169 e. The van der Waals surface area contributed by atoms with E-state index in [2.05, 4.69) is 11.0 Å². The van der Waals surface area contributed by atoms with Gasteiger partial charge in [0.05, 0.1) is 4.88 Å². The van der Waals surface area contributed by atoms with E-state index in [4.69, 9.17) is 0 Å². The Morgan fingerprint density at radius 1 is 1.43 bits per heavy atom. The van der Waals surface area contributed by atoms with Gasteiger partial charge in [0.25, 0.3) is 0 Å². The highest BCUT2D eigenvalue weighted by molar-refractivity contribution is 7.14. The van der Waals surface area contributed by atoms with Gasteiger partial charge >= 0.3 is 0 Å². The fraction of sp³-hybridized carbons (Fsp3) is 0.545. The van der Waals surface area contributed by atoms with Crippen LogP contribution in [0.15, 0.2) is 12.1 Å². The Balaban J connectivity index is 1.98. The smallest absolute Gasteiger partial charge is 0.169 e. The minimum absolute atomic E-state index is 0.183. The standard InChI is InChI=1S/C11H15NOS/c1-9(13)11-5-4-10(14-11)8-12-6-2-3-7-12/h4-5H,2-3,6-8H2,1H3. The second-order valence-corrected chi connectivity index (χ2v) is 4.97. The Labute approximate surface area is 88.5 Å². The number of Topliss-reactive ketones (excluding diaryl/α,β-unsaturated/α-hetero) is 1. The highest BCUT2D eigenvalue weighted by Crippen LogP contribution is 2.20. The second-order valence-electron chi connectivity index (χ2n) is 3.81. The van der Waals surface area contributed by atoms with Gasteiger partial charge < -0.3 is 0 Å². The second kappa shape index (κ2) is 4.24. The Morgan fingerprint density at radius 2 is 2.14 bits per heavy atom. The van der Waals surface area contributed by atoms with E-state index in [-0.39, 0.29) is 5.78 Å². The van der Waals surface area contributed by atoms with Crippen LogP contribution in [0.2, 0.25) is 0 Å². The molecule has 0 bridgehead atoms. The van der Waals surface area contributed by atoms with Crippen LogP contribution in [0.4, 0.5) is 0 Å². The van der Waals surface area contributed by atoms with E-state index < -0.39 is 0 Å². The third kappa shape index (κ3) is 2.22. The normalized spacial score (nSPS) is 17.5. The Kier molecular flexibility index (Phi) is 2.99. The topological polar surface area (TPSA) is 20.3 Å². The zero-order valence-electron chi connectivity index (χ0n) is 8.45. The molecule has 0 unspecified atom stereocenters. The van der Waals surface area contributed by atoms with Crippen molar-refractivity contribution >= 4 is 17.1 Å². The van der Waals surface area contributed by atoms with Crippen LogP contribution in [0.1, 0.15) is 34.3 Å². The molecule has 1 fully saturated rings. The molecule has 2 nitrogen and oxygen atoms in total. The molecule has 0 atom stereocenters. The van der Waals surface area contributed by atoms with Crippen LogP contribution in [-0.4, -0.2) is 23.8 Å². The maximum absolute atomic E-state index is 11.1. The summed E-state index contributed by atoms with van der Waals surface area (Å²) in [6, 6.07) is 4.03. The van der Waals surface area contributed by atoms with Gasteiger partial charge in [-0.2, -0.15) is 0 Å². The minimum atomic E-state index is 0.183. The first-order valence-electron chi connectivity index (χ1n) is 5.08. The number of likely N-dealkylation sites (tertiary alicyclic amines) is 1. The van der Waals surface area contributed by atoms with E-state index in [0.29, 0.717) is 0 Å². The van der Waals surface area contributed by atoms with Crippen molar-refractivity contribution < 1.29 is 4.79 Å². The maximum atomic E-state index is 11.1. The molecule has 0 radical (unpaired) electrons. The molecule has 1 aliphatic heterocycles. The van der Waals surface area contributed by atoms with Gasteiger partial charge in [-0.1, -0.05) is 0 Å². The van der Waals surface area contributed by atoms with Crippen molar-refractivity contribution in [3.05, 3.63) is 21.9 Å². The molecule has 1 saturated heterocycles. The number of nitrogens with zero attached hydrogens (tertiary/aromatic N) is 1. The van der Waals surface area contributed by atoms with Gasteiger partial charge in [0, 0.05) is 11.4 Å². The van der Waals surface area contributed by atoms with E-state index in [1.165, 1.54) is 30.8 Å². The minimum Gasteiger partial charge on any atom is -0.298 e. The quantitative estimate of drug-likeness (QED) is 0.713. The van der Waals surface area contributed by atoms with E-state index in [1.807, 2.05) is 6.07 Å². The Hall–Kier alpha value is -0.670. The van der Waals surface area contributed by atoms with Gasteiger partial charge in [-0.25, -0.2) is 0 Å². The van der Waals surface area contributed by atoms with Crippen LogP contribution >= 0.6 is 11.3 Å². The van der Waals surface area contributed by atoms with Crippen LogP contribution in [0.25, 0.3) is 0 Å². The number of carbonyl (C=O) groups is 1. The van der Waals surface area contributed by atoms with Gasteiger partial charge in [0.2, 0.25) is 0 Å². The van der Waals surface area contributed by atoms with E-state index in [9.17, 15) is 4.79 Å². The predicted octanol–water partition coefficient (Wildman–Crippen LogP) is 2.55. The van der Waals surface area contributed by atoms with Gasteiger partial charge in [-0.05, 0) is 45.0 Å². The number of hydrogen-bond donors (Lipinski definition) is 0. The summed E-state index contributed by atoms with van der Waals surface area (Å²) in [5, 5.41) is 0. The average molecular weight is 209 g/mol. The average Bonchev–Trinajstić information content (AvgIpc) is 2.75. The molecule has 0 saturated carbocycles. The third-order valence-corrected chi connectivity index (χ3v) is 3.76. The SMILES string of the molecule is CC(=O)c1ccc(CN2CCCC2)s1. The molecule has 76 valence electrons. The fourth-order valence-electron chi connectivity index (χ4n) is 1.81. The van der Waals surface area contributed by atoms with Crippen LogP contribution in [0, 0.1) is 0 Å². The highest BCUT2D eigenvalue weighted by atomic mass is 32.1. The van der Waals surface area contributed by atoms with Crippen molar-refractivity contribution in [3.8, 4) is 0 Å². The molecular weight excluding hydrogens is 194 g/mol. The molecule has 0 aromatic carbocycles. The van der Waals surface area contributed by atoms with Gasteiger partial charge in [-0.3, -0.25) is 9.69 Å². The summed E-state index contributed by atoms with van der Waals surface area (Å²) in [5.74, 6) is 0.183. The zero-order chi connectivity index (χ0) is 9.97. The summed E-state index contributed by atoms with van der Waals surface area (Å²) in [6.45, 7) is 5.09. The number of ketones is 1. The lowest BCUT2D eigenvalue weighted by atomic mass is 10.3. The first-order valence-corrected chi connectivity index (χ1v) is 5.89. The molecule has 0 spiro atoms. The highest BCUT2D eigenvalue weighted by Gasteiger charge is 2.13. The Morgan fingerprint density at radius 3 is 2.71 bits per heavy atom. The van der Waals surface area contributed by atoms with Gasteiger partial charge in [0.1, 0.15) is 0 Å². The Bertz CT molecular complexity index is 326. The van der Waals surface area contributed by atoms with Crippen LogP contribution in [0.5, 0.6) is 0 Å². The van der Waals surface area contributed by atoms with Crippen LogP contribution in [-0.2, 0) is 6.54 Å². The van der Waals surface area contributed by atoms with Crippen molar-refractivity contribution in [1.82, 2.24) is 4.90 Å². The number of thiophene rings is 1. The summed E-state index contributed by atoms with van der Waals surface area (Å²) in [7, 11) is 0. The molecule has 0 aliphatic carbocycles. The summed E-state index contributed by atoms with van der Waals surface area (Å²) in [6.07, 6.45) is 2.65. The summed E-state index contributed by atoms with van der Waals surface area (Å²) >= 11 is 1.64. The molecule has 0 N–H and O–H groups in total. The first-order chi connectivity index (χ1) is 6.75. The lowest BCUT2D eigenvalue weighted by molar-refractivity contribution is 0.102. The number of rotatable bonds is 3. The molecule has 1 aliphatic rings. The molecule has 2 heterocycles. The number of hydrogen-bond acceptors (Lipinski definition) is 3. The molecular formula is C11H15NOS. The third-order valence-electron chi connectivity index (χ3n) is 2.59. The first kappa shape index (κ1) is 9.87. The van der Waals surface area contributed by atoms with Crippen molar-refractivity contribution in [3.63, 3.8) is 0 Å². The lowest BCUT2D eigenvalue weighted by Gasteiger charge is -2.12. The van der Waals surface area contributed by atoms with E-state index in [1.54, 1.807) is 18.3 Å². The van der Waals surface area contributed by atoms with Crippen LogP contribution in [0.3, 0.4) is 0 Å². The fourth-order valence-corrected chi connectivity index (χ4v) is 2.76. The van der Waals surface area contributed by atoms with Crippen molar-refractivity contribution in [2.45, 2.75) is 26.3 Å². The number of carbonyl (C=O) groups excluding carboxylic acids is 1. The summed E-state index contributed by atoms with van der Waals surface area (Å²) < 4.78 is 0. The molecule has 1 aromatic heterocycles. The molecule has 2 rings (SSSR count). The van der Waals surface area contributed by atoms with E-state index >= 15 is 0 Å². The predicted molar refractivity (Wildman–Crippen MR) is 58.8 cm³/mol. The van der Waals surface area contributed by atoms with Crippen LogP contribution < -0.4 is 0 Å². The summed E-state index contributed by atoms with van der Waals surface area (Å²) in [5.41, 5.74) is 0.